The molecule has 308 valence electrons. The summed E-state index contributed by atoms with van der Waals surface area (Å²) in [5, 5.41) is 13.2. The quantitative estimate of drug-likeness (QED) is 0.220. The number of nitrogens with zero attached hydrogens (tertiary/aromatic N) is 10. The van der Waals surface area contributed by atoms with Crippen molar-refractivity contribution in [3.63, 3.8) is 0 Å². The van der Waals surface area contributed by atoms with Crippen molar-refractivity contribution in [2.24, 2.45) is 7.05 Å². The van der Waals surface area contributed by atoms with Crippen LogP contribution in [0.1, 0.15) is 79.5 Å². The van der Waals surface area contributed by atoms with E-state index in [1.54, 1.807) is 22.5 Å². The molecule has 4 fully saturated rings. The standard InChI is InChI=1S/C21H25F2N7O2.C18H23N5O3/c22-19(23)18-16(13-30(27-18)14-4-2-1-3-5-14)25-21(31)15-12-24-29-7-6-17(26-20(15)29)28-8-10-32-11-9-28;1-20(2)11-9-22(10-11)12-5-4-6-13-16(12)21(3)18(26)23(13)14-7-8-15(24)19-17(14)25/h6-7,12-14,19H,1-5,8-11H2,(H,25,31);4-6,11,14H,7-10H2,1-3H3,(H,19,24,25). The zero-order valence-corrected chi connectivity index (χ0v) is 32.8. The fourth-order valence-electron chi connectivity index (χ4n) is 8.25. The summed E-state index contributed by atoms with van der Waals surface area (Å²) in [6, 6.07) is 7.57. The van der Waals surface area contributed by atoms with Crippen LogP contribution in [0.15, 0.2) is 47.7 Å². The minimum absolute atomic E-state index is 0.0271. The fraction of sp³-hybridized carbons (Fsp3) is 0.513. The van der Waals surface area contributed by atoms with Crippen molar-refractivity contribution < 1.29 is 27.9 Å². The molecule has 1 unspecified atom stereocenters. The summed E-state index contributed by atoms with van der Waals surface area (Å²) in [4.78, 5) is 60.8. The van der Waals surface area contributed by atoms with Crippen LogP contribution in [0.2, 0.25) is 0 Å². The zero-order chi connectivity index (χ0) is 40.7. The van der Waals surface area contributed by atoms with Gasteiger partial charge in [0, 0.05) is 58.1 Å². The number of ether oxygens (including phenoxy) is 1. The lowest BCUT2D eigenvalue weighted by Gasteiger charge is -2.44. The van der Waals surface area contributed by atoms with Crippen molar-refractivity contribution in [3.05, 3.63) is 64.6 Å². The van der Waals surface area contributed by atoms with Crippen LogP contribution in [-0.2, 0) is 21.4 Å². The minimum atomic E-state index is -2.79. The summed E-state index contributed by atoms with van der Waals surface area (Å²) >= 11 is 0. The lowest BCUT2D eigenvalue weighted by atomic mass is 9.96. The molecule has 0 spiro atoms. The van der Waals surface area contributed by atoms with Gasteiger partial charge in [-0.1, -0.05) is 25.3 Å². The second-order valence-electron chi connectivity index (χ2n) is 15.5. The van der Waals surface area contributed by atoms with Crippen LogP contribution in [0.3, 0.4) is 0 Å². The van der Waals surface area contributed by atoms with E-state index in [1.807, 2.05) is 24.3 Å². The average Bonchev–Trinajstić information content (AvgIpc) is 3.89. The molecule has 3 saturated heterocycles. The van der Waals surface area contributed by atoms with E-state index in [4.69, 9.17) is 4.74 Å². The van der Waals surface area contributed by atoms with Gasteiger partial charge >= 0.3 is 5.69 Å². The SMILES string of the molecule is CN(C)C1CN(c2cccc3c2n(C)c(=O)n3C2CCC(=O)NC2=O)C1.O=C(Nc1cn(C2CCCCC2)nc1C(F)F)c1cnn2ccc(N3CCOCC3)nc12. The van der Waals surface area contributed by atoms with Crippen LogP contribution < -0.4 is 26.1 Å². The average molecular weight is 803 g/mol. The first-order valence-corrected chi connectivity index (χ1v) is 19.8. The van der Waals surface area contributed by atoms with E-state index in [9.17, 15) is 28.0 Å². The molecule has 3 aliphatic heterocycles. The van der Waals surface area contributed by atoms with Gasteiger partial charge < -0.3 is 24.8 Å². The molecule has 9 rings (SSSR count). The largest absolute Gasteiger partial charge is 0.378 e. The third-order valence-corrected chi connectivity index (χ3v) is 11.6. The number of imidazole rings is 1. The second kappa shape index (κ2) is 16.3. The van der Waals surface area contributed by atoms with Gasteiger partial charge in [-0.15, -0.1) is 0 Å². The Labute approximate surface area is 332 Å². The van der Waals surface area contributed by atoms with Gasteiger partial charge in [-0.2, -0.15) is 10.2 Å². The molecule has 1 saturated carbocycles. The first kappa shape index (κ1) is 39.2. The first-order chi connectivity index (χ1) is 28.0. The van der Waals surface area contributed by atoms with Crippen molar-refractivity contribution in [1.29, 1.82) is 0 Å². The molecular formula is C39H48F2N12O5. The number of nitrogens with one attached hydrogen (secondary N) is 2. The molecule has 19 heteroatoms. The maximum atomic E-state index is 13.6. The highest BCUT2D eigenvalue weighted by Crippen LogP contribution is 2.34. The van der Waals surface area contributed by atoms with Crippen LogP contribution in [-0.4, -0.2) is 116 Å². The summed E-state index contributed by atoms with van der Waals surface area (Å²) in [7, 11) is 5.87. The number of carbonyl (C=O) groups is 3. The second-order valence-corrected chi connectivity index (χ2v) is 15.5. The van der Waals surface area contributed by atoms with Gasteiger partial charge in [0.15, 0.2) is 11.3 Å². The van der Waals surface area contributed by atoms with E-state index in [0.29, 0.717) is 50.2 Å². The van der Waals surface area contributed by atoms with Crippen LogP contribution in [0.25, 0.3) is 16.7 Å². The predicted octanol–water partition coefficient (Wildman–Crippen LogP) is 3.53. The molecule has 5 aromatic rings. The number of likely N-dealkylation sites (N-methyl/N-ethyl adjacent to an activating group) is 1. The molecule has 1 aromatic carbocycles. The van der Waals surface area contributed by atoms with Gasteiger partial charge in [0.2, 0.25) is 11.8 Å². The molecule has 0 bridgehead atoms. The molecule has 0 radical (unpaired) electrons. The maximum absolute atomic E-state index is 13.6. The molecule has 3 amide bonds. The highest BCUT2D eigenvalue weighted by Gasteiger charge is 2.34. The number of benzene rings is 1. The van der Waals surface area contributed by atoms with Crippen LogP contribution >= 0.6 is 0 Å². The Kier molecular flexibility index (Phi) is 11.0. The molecule has 1 aliphatic carbocycles. The van der Waals surface area contributed by atoms with Gasteiger partial charge in [-0.3, -0.25) is 33.5 Å². The Morgan fingerprint density at radius 2 is 1.78 bits per heavy atom. The Hall–Kier alpha value is -5.69. The fourth-order valence-corrected chi connectivity index (χ4v) is 8.25. The highest BCUT2D eigenvalue weighted by molar-refractivity contribution is 6.08. The van der Waals surface area contributed by atoms with Gasteiger partial charge in [-0.25, -0.2) is 23.1 Å². The van der Waals surface area contributed by atoms with Crippen LogP contribution in [0.4, 0.5) is 26.0 Å². The number of anilines is 3. The van der Waals surface area contributed by atoms with Gasteiger partial charge in [-0.05, 0) is 51.6 Å². The number of aryl methyl sites for hydroxylation is 1. The van der Waals surface area contributed by atoms with Crippen molar-refractivity contribution in [3.8, 4) is 0 Å². The normalized spacial score (nSPS) is 19.5. The number of piperidine rings is 1. The van der Waals surface area contributed by atoms with E-state index >= 15 is 0 Å². The zero-order valence-electron chi connectivity index (χ0n) is 32.8. The van der Waals surface area contributed by atoms with Crippen LogP contribution in [0, 0.1) is 0 Å². The lowest BCUT2D eigenvalue weighted by Crippen LogP contribution is -2.57. The van der Waals surface area contributed by atoms with E-state index in [1.165, 1.54) is 21.5 Å². The summed E-state index contributed by atoms with van der Waals surface area (Å²) in [5.74, 6) is -0.515. The monoisotopic (exact) mass is 802 g/mol. The number of carbonyl (C=O) groups excluding carboxylic acids is 3. The number of alkyl halides is 2. The molecule has 58 heavy (non-hydrogen) atoms. The number of imide groups is 1. The summed E-state index contributed by atoms with van der Waals surface area (Å²) in [5.41, 5.74) is 2.53. The third-order valence-electron chi connectivity index (χ3n) is 11.6. The number of hydrogen-bond acceptors (Lipinski definition) is 11. The van der Waals surface area contributed by atoms with Crippen LogP contribution in [0.5, 0.6) is 0 Å². The smallest absolute Gasteiger partial charge is 0.329 e. The number of aromatic nitrogens is 7. The Morgan fingerprint density at radius 3 is 2.48 bits per heavy atom. The van der Waals surface area contributed by atoms with E-state index < -0.39 is 30.0 Å². The number of rotatable bonds is 8. The number of amides is 3. The van der Waals surface area contributed by atoms with Crippen molar-refractivity contribution in [2.75, 3.05) is 68.6 Å². The molecule has 7 heterocycles. The first-order valence-electron chi connectivity index (χ1n) is 19.8. The Balaban J connectivity index is 0.000000165. The maximum Gasteiger partial charge on any atom is 0.329 e. The number of halogens is 2. The Bertz CT molecular complexity index is 2380. The molecule has 1 atom stereocenters. The van der Waals surface area contributed by atoms with Crippen molar-refractivity contribution >= 4 is 51.6 Å². The summed E-state index contributed by atoms with van der Waals surface area (Å²) < 4.78 is 38.9. The topological polar surface area (TPSA) is 169 Å². The highest BCUT2D eigenvalue weighted by atomic mass is 19.3. The van der Waals surface area contributed by atoms with E-state index in [0.717, 1.165) is 61.9 Å². The minimum Gasteiger partial charge on any atom is -0.378 e. The van der Waals surface area contributed by atoms with E-state index in [-0.39, 0.29) is 35.3 Å². The molecule has 4 aromatic heterocycles. The number of morpholine rings is 1. The van der Waals surface area contributed by atoms with Crippen molar-refractivity contribution in [1.82, 2.24) is 43.7 Å². The molecule has 4 aliphatic rings. The third kappa shape index (κ3) is 7.55. The van der Waals surface area contributed by atoms with Gasteiger partial charge in [0.05, 0.1) is 47.9 Å². The predicted molar refractivity (Wildman–Crippen MR) is 212 cm³/mol. The summed E-state index contributed by atoms with van der Waals surface area (Å²) in [6.07, 6.45) is 7.52. The van der Waals surface area contributed by atoms with E-state index in [2.05, 4.69) is 54.6 Å². The molecular weight excluding hydrogens is 755 g/mol. The number of hydrogen-bond donors (Lipinski definition) is 2. The lowest BCUT2D eigenvalue weighted by molar-refractivity contribution is -0.135. The van der Waals surface area contributed by atoms with Gasteiger partial charge in [0.1, 0.15) is 17.4 Å². The molecule has 17 nitrogen and oxygen atoms in total. The van der Waals surface area contributed by atoms with Gasteiger partial charge in [0.25, 0.3) is 12.3 Å². The molecule has 2 N–H and O–H groups in total. The van der Waals surface area contributed by atoms with Crippen molar-refractivity contribution in [2.45, 2.75) is 69.5 Å². The number of fused-ring (bicyclic) bond motifs is 2. The number of para-hydroxylation sites is 1. The summed E-state index contributed by atoms with van der Waals surface area (Å²) in [6.45, 7) is 4.45. The Morgan fingerprint density at radius 1 is 1.02 bits per heavy atom.